The van der Waals surface area contributed by atoms with Crippen LogP contribution in [0, 0.1) is 13.8 Å². The number of hydrogen-bond donors (Lipinski definition) is 6. The molecule has 0 radical (unpaired) electrons. The first-order valence-corrected chi connectivity index (χ1v) is 22.7. The Kier molecular flexibility index (Phi) is 19.4. The predicted octanol–water partition coefficient (Wildman–Crippen LogP) is 9.98. The van der Waals surface area contributed by atoms with Crippen LogP contribution in [0.4, 0.5) is 58.4 Å². The number of nitrogens with zero attached hydrogens (tertiary/aromatic N) is 5. The molecule has 0 saturated carbocycles. The number of carboxylic acid groups (broad SMARTS) is 2. The molecule has 9 rings (SSSR count). The van der Waals surface area contributed by atoms with Gasteiger partial charge < -0.3 is 40.4 Å². The molecule has 0 aliphatic heterocycles. The Hall–Kier alpha value is -10.0. The summed E-state index contributed by atoms with van der Waals surface area (Å²) in [6, 6.07) is 19.9. The van der Waals surface area contributed by atoms with Crippen LogP contribution in [0.3, 0.4) is 0 Å². The zero-order valence-electron chi connectivity index (χ0n) is 42.0. The molecule has 4 aromatic heterocycles. The van der Waals surface area contributed by atoms with Crippen molar-refractivity contribution in [2.45, 2.75) is 38.6 Å². The topological polar surface area (TPSA) is 316 Å². The lowest BCUT2D eigenvalue weighted by Crippen LogP contribution is -2.19. The van der Waals surface area contributed by atoms with E-state index in [0.29, 0.717) is 5.69 Å². The molecule has 0 bridgehead atoms. The van der Waals surface area contributed by atoms with E-state index in [1.165, 1.54) is 43.5 Å². The van der Waals surface area contributed by atoms with Crippen molar-refractivity contribution in [2.24, 2.45) is 0 Å². The largest absolute Gasteiger partial charge is 0.478 e. The van der Waals surface area contributed by atoms with Gasteiger partial charge in [-0.05, 0) is 92.7 Å². The van der Waals surface area contributed by atoms with Crippen molar-refractivity contribution in [3.63, 3.8) is 0 Å². The summed E-state index contributed by atoms with van der Waals surface area (Å²) in [4.78, 5) is 99.5. The Balaban J connectivity index is 0.000000192. The van der Waals surface area contributed by atoms with Gasteiger partial charge in [0.1, 0.15) is 5.15 Å². The van der Waals surface area contributed by atoms with E-state index in [0.717, 1.165) is 48.6 Å². The molecule has 9 aromatic rings. The first-order valence-electron chi connectivity index (χ1n) is 22.3. The number of aryl methyl sites for hydroxylation is 2. The maximum Gasteiger partial charge on any atom is 0.451 e. The summed E-state index contributed by atoms with van der Waals surface area (Å²) in [6.07, 6.45) is -18.8. The Morgan fingerprint density at radius 2 is 0.819 bits per heavy atom. The highest BCUT2D eigenvalue weighted by Gasteiger charge is 2.37. The lowest BCUT2D eigenvalue weighted by Gasteiger charge is -2.08. The van der Waals surface area contributed by atoms with Crippen LogP contribution in [0.25, 0.3) is 43.6 Å². The molecule has 0 atom stereocenters. The molecule has 0 spiro atoms. The minimum absolute atomic E-state index is 0.0000203. The third-order valence-corrected chi connectivity index (χ3v) is 10.8. The number of carbonyl (C=O) groups is 4. The number of carboxylic acids is 2. The number of fused-ring (bicyclic) bond motifs is 4. The minimum Gasteiger partial charge on any atom is -0.478 e. The molecule has 33 heteroatoms. The number of anilines is 1. The molecule has 0 unspecified atom stereocenters. The van der Waals surface area contributed by atoms with E-state index < -0.39 is 88.6 Å². The van der Waals surface area contributed by atoms with Gasteiger partial charge in [0.15, 0.2) is 0 Å². The summed E-state index contributed by atoms with van der Waals surface area (Å²) >= 11 is 5.68. The number of alkyl halides is 12. The van der Waals surface area contributed by atoms with Crippen molar-refractivity contribution >= 4 is 84.8 Å². The van der Waals surface area contributed by atoms with Crippen LogP contribution < -0.4 is 22.4 Å². The number of aromatic amines is 3. The number of aromatic carboxylic acids is 2. The molecule has 436 valence electrons. The smallest absolute Gasteiger partial charge is 0.451 e. The summed E-state index contributed by atoms with van der Waals surface area (Å²) in [7, 11) is 2.35. The van der Waals surface area contributed by atoms with Crippen LogP contribution >= 0.6 is 11.6 Å². The molecule has 5 aromatic carbocycles. The third-order valence-electron chi connectivity index (χ3n) is 10.5. The summed E-state index contributed by atoms with van der Waals surface area (Å²) < 4.78 is 158. The summed E-state index contributed by atoms with van der Waals surface area (Å²) in [5, 5.41) is 16.9. The highest BCUT2D eigenvalue weighted by Crippen LogP contribution is 2.32. The number of benzene rings is 5. The van der Waals surface area contributed by atoms with Gasteiger partial charge in [-0.25, -0.2) is 44.1 Å². The fraction of sp³-hybridized carbons (Fsp3) is 0.160. The van der Waals surface area contributed by atoms with Gasteiger partial charge in [0, 0.05) is 11.1 Å². The standard InChI is InChI=1S/C11H6ClF3N2O2.C11H7F3N2O3.C10H5F3N2O3.C10H7F3N2O.C8H9NO2/c1-19-9(18)5-2-3-7-6(4-5)8(12)17-10(16-7)11(13,14)15;1-19-9(18)5-2-3-7-6(4-5)8(17)16-10(15-7)11(12,13)14;11-10(12,13)9-14-6-2-1-4(8(17)18)3-5(6)7(16)15-9;1-5-2-3-7-6(4-5)8(16)15-9(14-7)10(11,12)13;1-5-2-3-7(9)6(4-5)8(10)11/h2-4H,1H3;2-4H,1H3,(H,15,16,17);1-3H,(H,17,18)(H,14,15,16);2-4H,1H3,(H,14,15,16);2-4H,9H2,1H3,(H,10,11). The van der Waals surface area contributed by atoms with E-state index in [1.54, 1.807) is 46.1 Å². The number of nitrogens with one attached hydrogen (secondary N) is 3. The van der Waals surface area contributed by atoms with Crippen LogP contribution in [0.15, 0.2) is 105 Å². The molecule has 83 heavy (non-hydrogen) atoms. The van der Waals surface area contributed by atoms with Crippen LogP contribution in [-0.2, 0) is 34.2 Å². The average Bonchev–Trinajstić information content (AvgIpc) is 3.32. The van der Waals surface area contributed by atoms with Gasteiger partial charge in [0.05, 0.1) is 74.7 Å². The lowest BCUT2D eigenvalue weighted by atomic mass is 10.1. The number of carbonyl (C=O) groups excluding carboxylic acids is 2. The molecule has 0 aliphatic rings. The van der Waals surface area contributed by atoms with Gasteiger partial charge in [-0.2, -0.15) is 52.7 Å². The lowest BCUT2D eigenvalue weighted by molar-refractivity contribution is -0.145. The number of methoxy groups -OCH3 is 2. The number of ether oxygens (including phenoxy) is 2. The maximum absolute atomic E-state index is 12.5. The SMILES string of the molecule is COC(=O)c1ccc2nc(C(F)(F)F)[nH]c(=O)c2c1.COC(=O)c1ccc2nc(C(F)(F)F)nc(Cl)c2c1.Cc1ccc(N)c(C(=O)O)c1.Cc1ccc2nc(C(F)(F)F)[nH]c(=O)c2c1.O=C(O)c1ccc2nc(C(F)(F)F)[nH]c(=O)c2c1. The first-order chi connectivity index (χ1) is 38.4. The normalized spacial score (nSPS) is 11.4. The van der Waals surface area contributed by atoms with Gasteiger partial charge in [0.2, 0.25) is 23.3 Å². The third kappa shape index (κ3) is 16.3. The van der Waals surface area contributed by atoms with Gasteiger partial charge in [0.25, 0.3) is 16.7 Å². The number of nitrogens with two attached hydrogens (primary N) is 1. The Morgan fingerprint density at radius 3 is 1.19 bits per heavy atom. The van der Waals surface area contributed by atoms with E-state index >= 15 is 0 Å². The second-order valence-corrected chi connectivity index (χ2v) is 16.8. The fourth-order valence-electron chi connectivity index (χ4n) is 6.63. The van der Waals surface area contributed by atoms with Gasteiger partial charge in [-0.15, -0.1) is 0 Å². The van der Waals surface area contributed by atoms with E-state index in [-0.39, 0.29) is 71.0 Å². The Bertz CT molecular complexity index is 4170. The molecule has 0 amide bonds. The minimum atomic E-state index is -4.77. The summed E-state index contributed by atoms with van der Waals surface area (Å²) in [6.45, 7) is 3.57. The van der Waals surface area contributed by atoms with Crippen molar-refractivity contribution in [1.82, 2.24) is 39.9 Å². The number of halogens is 13. The second-order valence-electron chi connectivity index (χ2n) is 16.5. The molecule has 0 fully saturated rings. The van der Waals surface area contributed by atoms with E-state index in [2.05, 4.69) is 34.4 Å². The molecular formula is C50H34ClF12N9O11. The zero-order chi connectivity index (χ0) is 62.3. The van der Waals surface area contributed by atoms with Gasteiger partial charge in [-0.3, -0.25) is 14.4 Å². The number of esters is 2. The molecule has 0 aliphatic carbocycles. The van der Waals surface area contributed by atoms with E-state index in [1.807, 2.05) is 6.92 Å². The van der Waals surface area contributed by atoms with E-state index in [9.17, 15) is 86.2 Å². The monoisotopic (exact) mass is 1200 g/mol. The Labute approximate surface area is 457 Å². The first kappa shape index (κ1) is 63.8. The van der Waals surface area contributed by atoms with Gasteiger partial charge in [-0.1, -0.05) is 34.9 Å². The Morgan fingerprint density at radius 1 is 0.470 bits per heavy atom. The summed E-state index contributed by atoms with van der Waals surface area (Å²) in [5.74, 6) is -8.97. The number of nitrogen functional groups attached to an aromatic ring is 1. The molecular weight excluding hydrogens is 1170 g/mol. The zero-order valence-corrected chi connectivity index (χ0v) is 42.7. The quantitative estimate of drug-likeness (QED) is 0.0413. The number of H-pyrrole nitrogens is 3. The molecule has 20 nitrogen and oxygen atoms in total. The van der Waals surface area contributed by atoms with Crippen molar-refractivity contribution in [2.75, 3.05) is 20.0 Å². The summed E-state index contributed by atoms with van der Waals surface area (Å²) in [5.41, 5.74) is 4.49. The number of rotatable bonds is 4. The van der Waals surface area contributed by atoms with Crippen molar-refractivity contribution in [3.8, 4) is 0 Å². The highest BCUT2D eigenvalue weighted by atomic mass is 35.5. The van der Waals surface area contributed by atoms with E-state index in [4.69, 9.17) is 27.5 Å². The van der Waals surface area contributed by atoms with Crippen LogP contribution in [0.5, 0.6) is 0 Å². The van der Waals surface area contributed by atoms with Crippen molar-refractivity contribution < 1.29 is 91.5 Å². The van der Waals surface area contributed by atoms with Crippen molar-refractivity contribution in [3.05, 3.63) is 184 Å². The number of aromatic nitrogens is 8. The highest BCUT2D eigenvalue weighted by molar-refractivity contribution is 6.34. The molecule has 4 heterocycles. The van der Waals surface area contributed by atoms with Crippen LogP contribution in [0.1, 0.15) is 75.9 Å². The van der Waals surface area contributed by atoms with Crippen LogP contribution in [-0.4, -0.2) is 88.2 Å². The second kappa shape index (κ2) is 25.2. The van der Waals surface area contributed by atoms with Crippen LogP contribution in [0.2, 0.25) is 5.15 Å². The molecule has 7 N–H and O–H groups in total. The molecule has 0 saturated heterocycles. The van der Waals surface area contributed by atoms with Crippen molar-refractivity contribution in [1.29, 1.82) is 0 Å². The number of hydrogen-bond acceptors (Lipinski definition) is 15. The van der Waals surface area contributed by atoms with Gasteiger partial charge >= 0.3 is 48.6 Å². The average molecular weight is 1200 g/mol. The predicted molar refractivity (Wildman–Crippen MR) is 269 cm³/mol. The fourth-order valence-corrected chi connectivity index (χ4v) is 6.86. The maximum atomic E-state index is 12.5.